The van der Waals surface area contributed by atoms with Gasteiger partial charge in [0, 0.05) is 38.0 Å². The minimum atomic E-state index is -2.10. The van der Waals surface area contributed by atoms with E-state index in [2.05, 4.69) is 0 Å². The number of Topliss-reactive ketones (excluding diaryl/α,β-unsaturated/α-hetero) is 1. The van der Waals surface area contributed by atoms with Gasteiger partial charge < -0.3 is 33.5 Å². The Labute approximate surface area is 312 Å². The number of carbonyl (C=O) groups excluding carboxylic acids is 6. The van der Waals surface area contributed by atoms with Crippen LogP contribution in [0.3, 0.4) is 0 Å². The van der Waals surface area contributed by atoms with Crippen molar-refractivity contribution in [3.63, 3.8) is 0 Å². The summed E-state index contributed by atoms with van der Waals surface area (Å²) in [7, 11) is 0. The van der Waals surface area contributed by atoms with Gasteiger partial charge in [-0.3, -0.25) is 19.2 Å². The number of ether oxygens (including phenoxy) is 6. The maximum Gasteiger partial charge on any atom is 0.338 e. The second kappa shape index (κ2) is 13.3. The Kier molecular flexibility index (Phi) is 9.28. The summed E-state index contributed by atoms with van der Waals surface area (Å²) in [6.07, 6.45) is -5.57. The van der Waals surface area contributed by atoms with Gasteiger partial charge in [-0.25, -0.2) is 9.59 Å². The Bertz CT molecular complexity index is 1860. The molecule has 1 heterocycles. The quantitative estimate of drug-likeness (QED) is 0.303. The Morgan fingerprint density at radius 2 is 1.41 bits per heavy atom. The lowest BCUT2D eigenvalue weighted by Crippen LogP contribution is -2.75. The number of hydrogen-bond acceptors (Lipinski definition) is 13. The number of esters is 5. The topological polar surface area (TPSA) is 178 Å². The highest BCUT2D eigenvalue weighted by Gasteiger charge is 2.86. The molecule has 54 heavy (non-hydrogen) atoms. The van der Waals surface area contributed by atoms with E-state index < -0.39 is 118 Å². The van der Waals surface area contributed by atoms with Crippen LogP contribution >= 0.6 is 0 Å². The van der Waals surface area contributed by atoms with Crippen LogP contribution in [-0.2, 0) is 47.6 Å². The van der Waals surface area contributed by atoms with Crippen molar-refractivity contribution in [2.45, 2.75) is 102 Å². The SMILES string of the molecule is CCC(=O)O[C@H]1[C@H]2[C@H](OC(C)=O)[C@]34CO[C@@](C)([C@H]3[C@H]3[C@H](C[C@@]3(C)OC(C)=O)[C@H](OC(=O)c3ccccc3)C4=O)[C@@H](OC(=O)c3ccccc3)[C@]2(O)C[C@H]1C. The van der Waals surface area contributed by atoms with E-state index in [0.29, 0.717) is 0 Å². The van der Waals surface area contributed by atoms with Crippen molar-refractivity contribution < 1.29 is 62.3 Å². The summed E-state index contributed by atoms with van der Waals surface area (Å²) < 4.78 is 37.4. The van der Waals surface area contributed by atoms with Crippen LogP contribution in [0.5, 0.6) is 0 Å². The standard InChI is InChI=1S/C41H46O13/c1-7-27(44)51-30-21(2)18-41(48)29(30)34(50-22(3)42)40-20-49-39(6,37(41)53-36(47)25-16-12-9-13-17-25)32(40)28-26(19-38(28,5)54-23(4)43)31(33(40)45)52-35(46)24-14-10-8-11-15-24/h8-17,21,26,28-32,34,37,48H,7,18-20H2,1-6H3/t21-,26+,28-,29+,30-,31+,32-,34+,37-,38-,39+,40-,41+/m1/s1. The minimum absolute atomic E-state index is 0.00540. The molecule has 2 aromatic carbocycles. The van der Waals surface area contributed by atoms with Crippen LogP contribution in [0.15, 0.2) is 60.7 Å². The van der Waals surface area contributed by atoms with E-state index in [9.17, 15) is 29.1 Å². The highest BCUT2D eigenvalue weighted by molar-refractivity contribution is 5.97. The average molecular weight is 747 g/mol. The van der Waals surface area contributed by atoms with Crippen molar-refractivity contribution >= 4 is 35.6 Å². The second-order valence-corrected chi connectivity index (χ2v) is 16.0. The summed E-state index contributed by atoms with van der Waals surface area (Å²) in [6, 6.07) is 16.3. The number of fused-ring (bicyclic) bond motifs is 2. The molecule has 288 valence electrons. The molecule has 4 aliphatic carbocycles. The van der Waals surface area contributed by atoms with Gasteiger partial charge in [0.15, 0.2) is 18.0 Å². The average Bonchev–Trinajstić information content (AvgIpc) is 3.55. The predicted molar refractivity (Wildman–Crippen MR) is 186 cm³/mol. The minimum Gasteiger partial charge on any atom is -0.462 e. The molecule has 0 radical (unpaired) electrons. The molecule has 4 saturated carbocycles. The van der Waals surface area contributed by atoms with E-state index in [1.165, 1.54) is 6.92 Å². The van der Waals surface area contributed by atoms with Crippen molar-refractivity contribution in [1.82, 2.24) is 0 Å². The van der Waals surface area contributed by atoms with E-state index in [1.807, 2.05) is 0 Å². The first kappa shape index (κ1) is 37.7. The van der Waals surface area contributed by atoms with Gasteiger partial charge in [0.1, 0.15) is 29.0 Å². The summed E-state index contributed by atoms with van der Waals surface area (Å²) in [5.74, 6) is -8.59. The summed E-state index contributed by atoms with van der Waals surface area (Å²) in [6.45, 7) is 8.77. The lowest BCUT2D eigenvalue weighted by molar-refractivity contribution is -0.255. The number of aliphatic hydroxyl groups is 1. The molecular weight excluding hydrogens is 700 g/mol. The van der Waals surface area contributed by atoms with Crippen molar-refractivity contribution in [2.24, 2.45) is 35.0 Å². The normalized spacial score (nSPS) is 40.1. The molecular formula is C41H46O13. The highest BCUT2D eigenvalue weighted by Crippen LogP contribution is 2.72. The zero-order valence-electron chi connectivity index (χ0n) is 31.1. The molecule has 1 saturated heterocycles. The monoisotopic (exact) mass is 746 g/mol. The number of carbonyl (C=O) groups is 6. The van der Waals surface area contributed by atoms with E-state index in [0.717, 1.165) is 6.92 Å². The molecule has 2 bridgehead atoms. The van der Waals surface area contributed by atoms with Crippen molar-refractivity contribution in [1.29, 1.82) is 0 Å². The van der Waals surface area contributed by atoms with Gasteiger partial charge >= 0.3 is 29.8 Å². The molecule has 1 N–H and O–H groups in total. The van der Waals surface area contributed by atoms with Crippen molar-refractivity contribution in [2.75, 3.05) is 6.61 Å². The molecule has 1 aliphatic heterocycles. The van der Waals surface area contributed by atoms with E-state index >= 15 is 4.79 Å². The third-order valence-corrected chi connectivity index (χ3v) is 12.7. The van der Waals surface area contributed by atoms with Crippen LogP contribution < -0.4 is 0 Å². The lowest BCUT2D eigenvalue weighted by atomic mass is 9.42. The van der Waals surface area contributed by atoms with Crippen LogP contribution in [0.2, 0.25) is 0 Å². The van der Waals surface area contributed by atoms with E-state index in [4.69, 9.17) is 28.4 Å². The smallest absolute Gasteiger partial charge is 0.338 e. The van der Waals surface area contributed by atoms with E-state index in [1.54, 1.807) is 88.4 Å². The molecule has 0 spiro atoms. The van der Waals surface area contributed by atoms with Gasteiger partial charge in [0.05, 0.1) is 29.1 Å². The predicted octanol–water partition coefficient (Wildman–Crippen LogP) is 4.02. The summed E-state index contributed by atoms with van der Waals surface area (Å²) in [5, 5.41) is 13.3. The third kappa shape index (κ3) is 5.56. The first-order chi connectivity index (χ1) is 25.5. The van der Waals surface area contributed by atoms with Gasteiger partial charge in [0.25, 0.3) is 0 Å². The highest BCUT2D eigenvalue weighted by atomic mass is 16.6. The summed E-state index contributed by atoms with van der Waals surface area (Å²) >= 11 is 0. The molecule has 7 rings (SSSR count). The molecule has 0 aromatic heterocycles. The molecule has 13 atom stereocenters. The maximum absolute atomic E-state index is 15.6. The molecule has 0 amide bonds. The summed E-state index contributed by atoms with van der Waals surface area (Å²) in [4.78, 5) is 82.2. The van der Waals surface area contributed by atoms with Gasteiger partial charge in [-0.15, -0.1) is 0 Å². The second-order valence-electron chi connectivity index (χ2n) is 16.0. The maximum atomic E-state index is 15.6. The number of benzene rings is 2. The first-order valence-corrected chi connectivity index (χ1v) is 18.5. The van der Waals surface area contributed by atoms with Gasteiger partial charge in [-0.1, -0.05) is 50.2 Å². The molecule has 5 fully saturated rings. The Hall–Kier alpha value is -4.62. The molecule has 5 aliphatic rings. The largest absolute Gasteiger partial charge is 0.462 e. The van der Waals surface area contributed by atoms with Crippen LogP contribution in [-0.4, -0.2) is 88.6 Å². The first-order valence-electron chi connectivity index (χ1n) is 18.5. The fourth-order valence-corrected chi connectivity index (χ4v) is 10.9. The molecule has 2 aromatic rings. The van der Waals surface area contributed by atoms with Gasteiger partial charge in [-0.05, 0) is 56.9 Å². The number of ketones is 1. The lowest BCUT2D eigenvalue weighted by Gasteiger charge is -2.64. The Morgan fingerprint density at radius 1 is 0.815 bits per heavy atom. The Balaban J connectivity index is 1.47. The van der Waals surface area contributed by atoms with Crippen LogP contribution in [0.1, 0.15) is 81.5 Å². The zero-order chi connectivity index (χ0) is 39.0. The Morgan fingerprint density at radius 3 is 1.96 bits per heavy atom. The number of hydrogen-bond donors (Lipinski definition) is 1. The molecule has 13 heteroatoms. The van der Waals surface area contributed by atoms with Crippen LogP contribution in [0, 0.1) is 35.0 Å². The molecule has 13 nitrogen and oxygen atoms in total. The van der Waals surface area contributed by atoms with E-state index in [-0.39, 0.29) is 30.4 Å². The van der Waals surface area contributed by atoms with Crippen LogP contribution in [0.25, 0.3) is 0 Å². The van der Waals surface area contributed by atoms with Crippen molar-refractivity contribution in [3.8, 4) is 0 Å². The fraction of sp³-hybridized carbons (Fsp3) is 0.561. The zero-order valence-corrected chi connectivity index (χ0v) is 31.1. The van der Waals surface area contributed by atoms with Gasteiger partial charge in [-0.2, -0.15) is 0 Å². The van der Waals surface area contributed by atoms with Gasteiger partial charge in [0.2, 0.25) is 0 Å². The summed E-state index contributed by atoms with van der Waals surface area (Å²) in [5.41, 5.74) is -6.53. The van der Waals surface area contributed by atoms with Crippen LogP contribution in [0.4, 0.5) is 0 Å². The third-order valence-electron chi connectivity index (χ3n) is 12.7. The number of rotatable bonds is 8. The molecule has 0 unspecified atom stereocenters. The van der Waals surface area contributed by atoms with Crippen molar-refractivity contribution in [3.05, 3.63) is 71.8 Å². The fourth-order valence-electron chi connectivity index (χ4n) is 10.9.